The molecule has 0 saturated carbocycles. The summed E-state index contributed by atoms with van der Waals surface area (Å²) in [6.45, 7) is 7.08. The zero-order chi connectivity index (χ0) is 13.2. The number of hydrogen-bond donors (Lipinski definition) is 1. The largest absolute Gasteiger partial charge is 0.443 e. The van der Waals surface area contributed by atoms with Crippen LogP contribution in [0.25, 0.3) is 11.3 Å². The summed E-state index contributed by atoms with van der Waals surface area (Å²) in [5, 5.41) is 3.42. The fourth-order valence-corrected chi connectivity index (χ4v) is 2.07. The molecule has 0 unspecified atom stereocenters. The molecule has 0 fully saturated rings. The minimum absolute atomic E-state index is 0.0597. The molecule has 4 heteroatoms. The maximum Gasteiger partial charge on any atom is 0.181 e. The molecule has 0 saturated heterocycles. The number of nitrogens with zero attached hydrogens (tertiary/aromatic N) is 1. The van der Waals surface area contributed by atoms with Gasteiger partial charge in [-0.15, -0.1) is 0 Å². The molecule has 0 amide bonds. The van der Waals surface area contributed by atoms with Crippen molar-refractivity contribution in [2.45, 2.75) is 32.9 Å². The van der Waals surface area contributed by atoms with E-state index in [1.807, 2.05) is 24.3 Å². The molecule has 0 aliphatic carbocycles. The molecule has 96 valence electrons. The van der Waals surface area contributed by atoms with E-state index >= 15 is 0 Å². The summed E-state index contributed by atoms with van der Waals surface area (Å²) in [5.74, 6) is 0.819. The van der Waals surface area contributed by atoms with Crippen LogP contribution in [0.15, 0.2) is 39.5 Å². The summed E-state index contributed by atoms with van der Waals surface area (Å²) in [7, 11) is 0. The Hall–Kier alpha value is -1.13. The van der Waals surface area contributed by atoms with Gasteiger partial charge in [-0.2, -0.15) is 0 Å². The predicted molar refractivity (Wildman–Crippen MR) is 76.2 cm³/mol. The maximum atomic E-state index is 5.52. The van der Waals surface area contributed by atoms with E-state index in [1.165, 1.54) is 6.39 Å². The lowest BCUT2D eigenvalue weighted by Gasteiger charge is -2.19. The van der Waals surface area contributed by atoms with Gasteiger partial charge in [0.2, 0.25) is 0 Å². The highest BCUT2D eigenvalue weighted by atomic mass is 79.9. The van der Waals surface area contributed by atoms with E-state index in [4.69, 9.17) is 4.42 Å². The molecular weight excluding hydrogens is 292 g/mol. The molecule has 0 spiro atoms. The van der Waals surface area contributed by atoms with E-state index in [0.29, 0.717) is 6.54 Å². The summed E-state index contributed by atoms with van der Waals surface area (Å²) in [6, 6.07) is 7.99. The fraction of sp³-hybridized carbons (Fsp3) is 0.357. The van der Waals surface area contributed by atoms with Crippen molar-refractivity contribution in [3.05, 3.63) is 40.8 Å². The predicted octanol–water partition coefficient (Wildman–Crippen LogP) is 3.99. The van der Waals surface area contributed by atoms with Crippen molar-refractivity contribution in [2.24, 2.45) is 0 Å². The molecule has 1 heterocycles. The van der Waals surface area contributed by atoms with Gasteiger partial charge in [-0.1, -0.05) is 34.1 Å². The molecule has 0 aliphatic heterocycles. The van der Waals surface area contributed by atoms with E-state index < -0.39 is 0 Å². The van der Waals surface area contributed by atoms with E-state index in [0.717, 1.165) is 21.5 Å². The highest BCUT2D eigenvalue weighted by molar-refractivity contribution is 9.10. The number of rotatable bonds is 3. The molecule has 0 atom stereocenters. The SMILES string of the molecule is CC(C)(C)NCc1ncoc1-c1ccccc1Br. The molecule has 18 heavy (non-hydrogen) atoms. The van der Waals surface area contributed by atoms with Gasteiger partial charge in [0.15, 0.2) is 12.2 Å². The Morgan fingerprint density at radius 3 is 2.67 bits per heavy atom. The summed E-state index contributed by atoms with van der Waals surface area (Å²) in [5.41, 5.74) is 2.02. The normalized spacial score (nSPS) is 11.8. The van der Waals surface area contributed by atoms with Crippen molar-refractivity contribution in [1.82, 2.24) is 10.3 Å². The highest BCUT2D eigenvalue weighted by Gasteiger charge is 2.16. The van der Waals surface area contributed by atoms with Gasteiger partial charge >= 0.3 is 0 Å². The fourth-order valence-electron chi connectivity index (χ4n) is 1.61. The first-order valence-electron chi connectivity index (χ1n) is 5.90. The second kappa shape index (κ2) is 5.24. The average molecular weight is 309 g/mol. The molecule has 1 N–H and O–H groups in total. The van der Waals surface area contributed by atoms with Crippen LogP contribution in [0, 0.1) is 0 Å². The van der Waals surface area contributed by atoms with Crippen molar-refractivity contribution in [3.8, 4) is 11.3 Å². The summed E-state index contributed by atoms with van der Waals surface area (Å²) in [6.07, 6.45) is 1.49. The standard InChI is InChI=1S/C14H17BrN2O/c1-14(2,3)17-8-12-13(18-9-16-12)10-6-4-5-7-11(10)15/h4-7,9,17H,8H2,1-3H3. The first kappa shape index (κ1) is 13.3. The topological polar surface area (TPSA) is 38.1 Å². The number of aromatic nitrogens is 1. The maximum absolute atomic E-state index is 5.52. The second-order valence-corrected chi connectivity index (χ2v) is 6.07. The lowest BCUT2D eigenvalue weighted by molar-refractivity contribution is 0.421. The number of halogens is 1. The molecule has 1 aromatic carbocycles. The minimum Gasteiger partial charge on any atom is -0.443 e. The molecule has 0 radical (unpaired) electrons. The third-order valence-electron chi connectivity index (χ3n) is 2.55. The third kappa shape index (κ3) is 3.21. The quantitative estimate of drug-likeness (QED) is 0.931. The van der Waals surface area contributed by atoms with Crippen LogP contribution in [-0.4, -0.2) is 10.5 Å². The molecule has 0 aliphatic rings. The Kier molecular flexibility index (Phi) is 3.88. The van der Waals surface area contributed by atoms with Crippen molar-refractivity contribution < 1.29 is 4.42 Å². The average Bonchev–Trinajstić information content (AvgIpc) is 2.74. The van der Waals surface area contributed by atoms with Crippen LogP contribution in [0.2, 0.25) is 0 Å². The zero-order valence-electron chi connectivity index (χ0n) is 10.8. The summed E-state index contributed by atoms with van der Waals surface area (Å²) in [4.78, 5) is 4.29. The number of hydrogen-bond acceptors (Lipinski definition) is 3. The van der Waals surface area contributed by atoms with Gasteiger partial charge in [-0.3, -0.25) is 0 Å². The van der Waals surface area contributed by atoms with Gasteiger partial charge in [0.1, 0.15) is 5.69 Å². The zero-order valence-corrected chi connectivity index (χ0v) is 12.4. The Morgan fingerprint density at radius 1 is 1.28 bits per heavy atom. The lowest BCUT2D eigenvalue weighted by Crippen LogP contribution is -2.35. The summed E-state index contributed by atoms with van der Waals surface area (Å²) >= 11 is 3.53. The Bertz CT molecular complexity index is 529. The van der Waals surface area contributed by atoms with Crippen LogP contribution in [0.4, 0.5) is 0 Å². The van der Waals surface area contributed by atoms with Crippen LogP contribution >= 0.6 is 15.9 Å². The smallest absolute Gasteiger partial charge is 0.181 e. The Morgan fingerprint density at radius 2 is 2.00 bits per heavy atom. The molecule has 1 aromatic heterocycles. The van der Waals surface area contributed by atoms with Crippen LogP contribution < -0.4 is 5.32 Å². The monoisotopic (exact) mass is 308 g/mol. The number of benzene rings is 1. The van der Waals surface area contributed by atoms with Gasteiger partial charge in [0.05, 0.1) is 0 Å². The van der Waals surface area contributed by atoms with E-state index in [1.54, 1.807) is 0 Å². The Balaban J connectivity index is 2.26. The number of oxazole rings is 1. The van der Waals surface area contributed by atoms with Gasteiger partial charge in [0.25, 0.3) is 0 Å². The molecule has 2 aromatic rings. The number of nitrogens with one attached hydrogen (secondary N) is 1. The Labute approximate surface area is 116 Å². The van der Waals surface area contributed by atoms with E-state index in [2.05, 4.69) is 47.0 Å². The third-order valence-corrected chi connectivity index (χ3v) is 3.24. The second-order valence-electron chi connectivity index (χ2n) is 5.21. The van der Waals surface area contributed by atoms with Crippen molar-refractivity contribution in [2.75, 3.05) is 0 Å². The van der Waals surface area contributed by atoms with Gasteiger partial charge in [-0.25, -0.2) is 4.98 Å². The minimum atomic E-state index is 0.0597. The summed E-state index contributed by atoms with van der Waals surface area (Å²) < 4.78 is 6.53. The first-order valence-corrected chi connectivity index (χ1v) is 6.69. The molecule has 2 rings (SSSR count). The van der Waals surface area contributed by atoms with Crippen LogP contribution in [-0.2, 0) is 6.54 Å². The lowest BCUT2D eigenvalue weighted by atomic mass is 10.1. The van der Waals surface area contributed by atoms with Crippen molar-refractivity contribution in [3.63, 3.8) is 0 Å². The molecule has 3 nitrogen and oxygen atoms in total. The van der Waals surface area contributed by atoms with Crippen LogP contribution in [0.3, 0.4) is 0 Å². The highest BCUT2D eigenvalue weighted by Crippen LogP contribution is 2.30. The molecular formula is C14H17BrN2O. The van der Waals surface area contributed by atoms with Crippen molar-refractivity contribution in [1.29, 1.82) is 0 Å². The van der Waals surface area contributed by atoms with Crippen molar-refractivity contribution >= 4 is 15.9 Å². The first-order chi connectivity index (χ1) is 8.47. The molecule has 0 bridgehead atoms. The van der Waals surface area contributed by atoms with E-state index in [9.17, 15) is 0 Å². The van der Waals surface area contributed by atoms with Crippen LogP contribution in [0.1, 0.15) is 26.5 Å². The van der Waals surface area contributed by atoms with Gasteiger partial charge in [0, 0.05) is 22.1 Å². The van der Waals surface area contributed by atoms with Gasteiger partial charge in [-0.05, 0) is 26.8 Å². The van der Waals surface area contributed by atoms with Crippen LogP contribution in [0.5, 0.6) is 0 Å². The van der Waals surface area contributed by atoms with E-state index in [-0.39, 0.29) is 5.54 Å². The van der Waals surface area contributed by atoms with Gasteiger partial charge < -0.3 is 9.73 Å².